The van der Waals surface area contributed by atoms with Crippen LogP contribution in [0.5, 0.6) is 0 Å². The molecule has 16 heavy (non-hydrogen) atoms. The number of hydrogen-bond acceptors (Lipinski definition) is 4. The lowest BCUT2D eigenvalue weighted by Crippen LogP contribution is -2.12. The minimum atomic E-state index is 0.771. The van der Waals surface area contributed by atoms with Gasteiger partial charge in [-0.2, -0.15) is 5.10 Å². The topological polar surface area (TPSA) is 53.6 Å². The summed E-state index contributed by atoms with van der Waals surface area (Å²) in [5.74, 6) is 0.771. The Hall–Kier alpha value is -1.20. The zero-order chi connectivity index (χ0) is 10.8. The van der Waals surface area contributed by atoms with Gasteiger partial charge in [0, 0.05) is 36.1 Å². The number of rotatable bonds is 5. The second-order valence-corrected chi connectivity index (χ2v) is 5.05. The van der Waals surface area contributed by atoms with E-state index in [0.717, 1.165) is 24.7 Å². The summed E-state index contributed by atoms with van der Waals surface area (Å²) >= 11 is 1.80. The first-order chi connectivity index (χ1) is 7.92. The maximum absolute atomic E-state index is 4.62. The maximum Gasteiger partial charge on any atom is 0.0959 e. The van der Waals surface area contributed by atoms with Gasteiger partial charge in [0.1, 0.15) is 0 Å². The second kappa shape index (κ2) is 4.35. The van der Waals surface area contributed by atoms with Crippen molar-refractivity contribution >= 4 is 11.3 Å². The van der Waals surface area contributed by atoms with Crippen molar-refractivity contribution in [1.29, 1.82) is 0 Å². The minimum Gasteiger partial charge on any atom is -0.307 e. The molecule has 1 saturated carbocycles. The van der Waals surface area contributed by atoms with Gasteiger partial charge in [-0.25, -0.2) is 4.98 Å². The van der Waals surface area contributed by atoms with Gasteiger partial charge in [-0.3, -0.25) is 5.10 Å². The number of hydrogen-bond donors (Lipinski definition) is 2. The van der Waals surface area contributed by atoms with Crippen LogP contribution in [0.15, 0.2) is 17.8 Å². The third-order valence-corrected chi connectivity index (χ3v) is 3.74. The molecule has 4 nitrogen and oxygen atoms in total. The van der Waals surface area contributed by atoms with Crippen molar-refractivity contribution < 1.29 is 0 Å². The molecule has 0 radical (unpaired) electrons. The Balaban J connectivity index is 1.50. The fourth-order valence-electron chi connectivity index (χ4n) is 1.63. The van der Waals surface area contributed by atoms with Gasteiger partial charge in [-0.05, 0) is 12.8 Å². The average molecular weight is 234 g/mol. The highest BCUT2D eigenvalue weighted by Crippen LogP contribution is 2.41. The molecule has 0 unspecified atom stereocenters. The highest BCUT2D eigenvalue weighted by Gasteiger charge is 2.26. The molecule has 0 bridgehead atoms. The summed E-state index contributed by atoms with van der Waals surface area (Å²) in [4.78, 5) is 4.62. The van der Waals surface area contributed by atoms with Crippen LogP contribution in [0.1, 0.15) is 35.0 Å². The van der Waals surface area contributed by atoms with Gasteiger partial charge in [0.25, 0.3) is 0 Å². The molecule has 84 valence electrons. The van der Waals surface area contributed by atoms with Gasteiger partial charge in [0.2, 0.25) is 0 Å². The zero-order valence-corrected chi connectivity index (χ0v) is 9.76. The molecule has 3 rings (SSSR count). The van der Waals surface area contributed by atoms with E-state index in [-0.39, 0.29) is 0 Å². The molecular weight excluding hydrogens is 220 g/mol. The van der Waals surface area contributed by atoms with E-state index in [1.165, 1.54) is 23.4 Å². The van der Waals surface area contributed by atoms with E-state index in [0.29, 0.717) is 0 Å². The number of nitrogens with zero attached hydrogens (tertiary/aromatic N) is 2. The Morgan fingerprint density at radius 2 is 2.38 bits per heavy atom. The van der Waals surface area contributed by atoms with Crippen LogP contribution in [0.2, 0.25) is 0 Å². The Morgan fingerprint density at radius 1 is 1.44 bits per heavy atom. The number of aromatic amines is 1. The molecule has 0 aliphatic heterocycles. The third kappa shape index (κ3) is 2.31. The van der Waals surface area contributed by atoms with E-state index in [9.17, 15) is 0 Å². The average Bonchev–Trinajstić information content (AvgIpc) is 2.83. The van der Waals surface area contributed by atoms with Crippen LogP contribution in [-0.4, -0.2) is 15.2 Å². The molecule has 1 aliphatic carbocycles. The van der Waals surface area contributed by atoms with Crippen molar-refractivity contribution in [2.24, 2.45) is 0 Å². The van der Waals surface area contributed by atoms with Crippen molar-refractivity contribution in [3.63, 3.8) is 0 Å². The molecule has 5 heteroatoms. The van der Waals surface area contributed by atoms with Gasteiger partial charge >= 0.3 is 0 Å². The number of thiazole rings is 1. The summed E-state index contributed by atoms with van der Waals surface area (Å²) in [6.45, 7) is 1.68. The van der Waals surface area contributed by atoms with Gasteiger partial charge in [0.05, 0.1) is 16.9 Å². The monoisotopic (exact) mass is 234 g/mol. The summed E-state index contributed by atoms with van der Waals surface area (Å²) in [5.41, 5.74) is 2.34. The van der Waals surface area contributed by atoms with Crippen LogP contribution < -0.4 is 5.32 Å². The normalized spacial score (nSPS) is 15.5. The minimum absolute atomic E-state index is 0.771. The Bertz CT molecular complexity index is 444. The lowest BCUT2D eigenvalue weighted by atomic mass is 10.3. The van der Waals surface area contributed by atoms with E-state index >= 15 is 0 Å². The molecular formula is C11H14N4S. The Kier molecular flexibility index (Phi) is 2.71. The summed E-state index contributed by atoms with van der Waals surface area (Å²) in [7, 11) is 0. The molecule has 1 fully saturated rings. The van der Waals surface area contributed by atoms with E-state index < -0.39 is 0 Å². The molecule has 2 heterocycles. The van der Waals surface area contributed by atoms with Crippen LogP contribution in [0.25, 0.3) is 0 Å². The molecule has 0 atom stereocenters. The first-order valence-corrected chi connectivity index (χ1v) is 6.42. The summed E-state index contributed by atoms with van der Waals surface area (Å²) in [6.07, 6.45) is 6.40. The van der Waals surface area contributed by atoms with Gasteiger partial charge < -0.3 is 5.32 Å². The molecule has 2 aromatic heterocycles. The molecule has 1 aliphatic rings. The van der Waals surface area contributed by atoms with Gasteiger partial charge in [-0.15, -0.1) is 11.3 Å². The highest BCUT2D eigenvalue weighted by atomic mass is 32.1. The molecule has 0 spiro atoms. The van der Waals surface area contributed by atoms with Crippen LogP contribution in [-0.2, 0) is 13.1 Å². The lowest BCUT2D eigenvalue weighted by molar-refractivity contribution is 0.681. The quantitative estimate of drug-likeness (QED) is 0.832. The first-order valence-electron chi connectivity index (χ1n) is 5.54. The van der Waals surface area contributed by atoms with Crippen molar-refractivity contribution in [3.05, 3.63) is 34.0 Å². The highest BCUT2D eigenvalue weighted by molar-refractivity contribution is 7.09. The van der Waals surface area contributed by atoms with Crippen LogP contribution in [0.3, 0.4) is 0 Å². The van der Waals surface area contributed by atoms with Crippen molar-refractivity contribution in [2.45, 2.75) is 31.8 Å². The number of nitrogens with one attached hydrogen (secondary N) is 2. The smallest absolute Gasteiger partial charge is 0.0959 e. The second-order valence-electron chi connectivity index (χ2n) is 4.16. The summed E-state index contributed by atoms with van der Waals surface area (Å²) in [5, 5.41) is 13.6. The zero-order valence-electron chi connectivity index (χ0n) is 8.94. The largest absolute Gasteiger partial charge is 0.307 e. The SMILES string of the molecule is c1n[nH]cc1CNCc1csc(C2CC2)n1. The van der Waals surface area contributed by atoms with E-state index in [2.05, 4.69) is 25.9 Å². The van der Waals surface area contributed by atoms with E-state index in [1.807, 2.05) is 12.4 Å². The number of aromatic nitrogens is 3. The molecule has 0 aromatic carbocycles. The lowest BCUT2D eigenvalue weighted by Gasteiger charge is -1.99. The number of H-pyrrole nitrogens is 1. The van der Waals surface area contributed by atoms with Crippen molar-refractivity contribution in [1.82, 2.24) is 20.5 Å². The maximum atomic E-state index is 4.62. The summed E-state index contributed by atoms with van der Waals surface area (Å²) in [6, 6.07) is 0. The predicted octanol–water partition coefficient (Wildman–Crippen LogP) is 2.03. The molecule has 0 saturated heterocycles. The first kappa shape index (κ1) is 9.99. The van der Waals surface area contributed by atoms with Crippen LogP contribution >= 0.6 is 11.3 Å². The fraction of sp³-hybridized carbons (Fsp3) is 0.455. The molecule has 2 N–H and O–H groups in total. The Labute approximate surface area is 98.1 Å². The van der Waals surface area contributed by atoms with E-state index in [1.54, 1.807) is 11.3 Å². The van der Waals surface area contributed by atoms with Crippen molar-refractivity contribution in [2.75, 3.05) is 0 Å². The standard InChI is InChI=1S/C11H14N4S/c1-2-9(1)11-15-10(7-16-11)6-12-3-8-4-13-14-5-8/h4-5,7,9,12H,1-3,6H2,(H,13,14). The summed E-state index contributed by atoms with van der Waals surface area (Å²) < 4.78 is 0. The predicted molar refractivity (Wildman–Crippen MR) is 63.2 cm³/mol. The van der Waals surface area contributed by atoms with Crippen LogP contribution in [0.4, 0.5) is 0 Å². The van der Waals surface area contributed by atoms with Crippen molar-refractivity contribution in [3.8, 4) is 0 Å². The molecule has 2 aromatic rings. The van der Waals surface area contributed by atoms with Gasteiger partial charge in [-0.1, -0.05) is 0 Å². The van der Waals surface area contributed by atoms with Gasteiger partial charge in [0.15, 0.2) is 0 Å². The van der Waals surface area contributed by atoms with Crippen LogP contribution in [0, 0.1) is 0 Å². The fourth-order valence-corrected chi connectivity index (χ4v) is 2.62. The molecule has 0 amide bonds. The Morgan fingerprint density at radius 3 is 3.12 bits per heavy atom. The van der Waals surface area contributed by atoms with E-state index in [4.69, 9.17) is 0 Å². The third-order valence-electron chi connectivity index (χ3n) is 2.69.